The number of rotatable bonds is 7. The van der Waals surface area contributed by atoms with E-state index in [0.29, 0.717) is 18.7 Å². The van der Waals surface area contributed by atoms with Crippen LogP contribution in [0.4, 0.5) is 0 Å². The molecule has 1 aliphatic heterocycles. The predicted octanol–water partition coefficient (Wildman–Crippen LogP) is 2.92. The second-order valence-electron chi connectivity index (χ2n) is 9.02. The number of likely N-dealkylation sites (tertiary alicyclic amines) is 1. The number of carbonyl (C=O) groups is 2. The van der Waals surface area contributed by atoms with Crippen molar-refractivity contribution in [3.05, 3.63) is 28.7 Å². The summed E-state index contributed by atoms with van der Waals surface area (Å²) in [4.78, 5) is 31.3. The standard InChI is InChI=1S/C23H33N5O2/c1-5-14(2)24-22(29)9-8-19-15(3)25-21-12-20(26-28(21)16(19)4)18-10-11-27(13-18)23(30)17-6-7-17/h12,14,17-18H,5-11,13H2,1-4H3,(H,24,29)/t14-,18+/m1/s1. The Labute approximate surface area is 178 Å². The Morgan fingerprint density at radius 2 is 2.03 bits per heavy atom. The smallest absolute Gasteiger partial charge is 0.225 e. The summed E-state index contributed by atoms with van der Waals surface area (Å²) in [6.07, 6.45) is 5.10. The van der Waals surface area contributed by atoms with Crippen molar-refractivity contribution in [2.24, 2.45) is 5.92 Å². The first-order valence-corrected chi connectivity index (χ1v) is 11.3. The van der Waals surface area contributed by atoms with Gasteiger partial charge in [0, 0.05) is 54.8 Å². The molecule has 1 saturated heterocycles. The van der Waals surface area contributed by atoms with Gasteiger partial charge in [0.2, 0.25) is 11.8 Å². The molecule has 0 bridgehead atoms. The van der Waals surface area contributed by atoms with Crippen LogP contribution in [0.3, 0.4) is 0 Å². The van der Waals surface area contributed by atoms with Gasteiger partial charge >= 0.3 is 0 Å². The molecule has 1 saturated carbocycles. The van der Waals surface area contributed by atoms with Crippen molar-refractivity contribution < 1.29 is 9.59 Å². The monoisotopic (exact) mass is 411 g/mol. The van der Waals surface area contributed by atoms with Crippen LogP contribution in [0.15, 0.2) is 6.07 Å². The van der Waals surface area contributed by atoms with Gasteiger partial charge in [-0.2, -0.15) is 5.10 Å². The Bertz CT molecular complexity index is 962. The molecule has 1 aliphatic carbocycles. The first-order valence-electron chi connectivity index (χ1n) is 11.3. The van der Waals surface area contributed by atoms with Crippen molar-refractivity contribution in [1.29, 1.82) is 0 Å². The van der Waals surface area contributed by atoms with Crippen molar-refractivity contribution in [3.63, 3.8) is 0 Å². The lowest BCUT2D eigenvalue weighted by molar-refractivity contribution is -0.131. The largest absolute Gasteiger partial charge is 0.354 e. The van der Waals surface area contributed by atoms with Crippen LogP contribution in [0.2, 0.25) is 0 Å². The van der Waals surface area contributed by atoms with Gasteiger partial charge in [-0.05, 0) is 58.4 Å². The van der Waals surface area contributed by atoms with Crippen LogP contribution >= 0.6 is 0 Å². The third kappa shape index (κ3) is 4.20. The van der Waals surface area contributed by atoms with E-state index in [-0.39, 0.29) is 23.8 Å². The van der Waals surface area contributed by atoms with Gasteiger partial charge in [0.1, 0.15) is 0 Å². The molecule has 162 valence electrons. The Morgan fingerprint density at radius 1 is 1.27 bits per heavy atom. The SMILES string of the molecule is CC[C@@H](C)NC(=O)CCc1c(C)nc2cc([C@H]3CCN(C(=O)C4CC4)C3)nn2c1C. The summed E-state index contributed by atoms with van der Waals surface area (Å²) < 4.78 is 1.91. The van der Waals surface area contributed by atoms with E-state index in [4.69, 9.17) is 10.1 Å². The zero-order chi connectivity index (χ0) is 21.4. The number of aromatic nitrogens is 3. The molecule has 7 nitrogen and oxygen atoms in total. The van der Waals surface area contributed by atoms with Gasteiger partial charge in [-0.25, -0.2) is 9.50 Å². The van der Waals surface area contributed by atoms with Gasteiger partial charge in [0.15, 0.2) is 5.65 Å². The second kappa shape index (κ2) is 8.36. The quantitative estimate of drug-likeness (QED) is 0.760. The molecule has 2 atom stereocenters. The summed E-state index contributed by atoms with van der Waals surface area (Å²) in [6, 6.07) is 2.27. The zero-order valence-electron chi connectivity index (χ0n) is 18.6. The molecule has 3 heterocycles. The molecule has 2 fully saturated rings. The highest BCUT2D eigenvalue weighted by Crippen LogP contribution is 2.35. The number of carbonyl (C=O) groups excluding carboxylic acids is 2. The Kier molecular flexibility index (Phi) is 5.80. The lowest BCUT2D eigenvalue weighted by Gasteiger charge is -2.15. The van der Waals surface area contributed by atoms with Crippen LogP contribution in [0.25, 0.3) is 5.65 Å². The lowest BCUT2D eigenvalue weighted by Crippen LogP contribution is -2.32. The molecule has 0 radical (unpaired) electrons. The third-order valence-corrected chi connectivity index (χ3v) is 6.65. The zero-order valence-corrected chi connectivity index (χ0v) is 18.6. The van der Waals surface area contributed by atoms with Gasteiger partial charge in [0.25, 0.3) is 0 Å². The second-order valence-corrected chi connectivity index (χ2v) is 9.02. The number of fused-ring (bicyclic) bond motifs is 1. The molecule has 2 aliphatic rings. The highest BCUT2D eigenvalue weighted by molar-refractivity contribution is 5.81. The molecule has 0 spiro atoms. The lowest BCUT2D eigenvalue weighted by atomic mass is 10.1. The maximum atomic E-state index is 12.4. The van der Waals surface area contributed by atoms with Crippen molar-refractivity contribution >= 4 is 17.5 Å². The molecule has 30 heavy (non-hydrogen) atoms. The number of nitrogens with zero attached hydrogens (tertiary/aromatic N) is 4. The number of aryl methyl sites for hydroxylation is 2. The van der Waals surface area contributed by atoms with Crippen molar-refractivity contribution in [3.8, 4) is 0 Å². The van der Waals surface area contributed by atoms with Gasteiger partial charge in [-0.15, -0.1) is 0 Å². The fraction of sp³-hybridized carbons (Fsp3) is 0.652. The highest BCUT2D eigenvalue weighted by atomic mass is 16.2. The molecule has 0 aromatic carbocycles. The van der Waals surface area contributed by atoms with E-state index in [1.807, 2.05) is 23.3 Å². The van der Waals surface area contributed by atoms with E-state index < -0.39 is 0 Å². The summed E-state index contributed by atoms with van der Waals surface area (Å²) in [7, 11) is 0. The highest BCUT2D eigenvalue weighted by Gasteiger charge is 2.37. The number of hydrogen-bond donors (Lipinski definition) is 1. The van der Waals surface area contributed by atoms with Gasteiger partial charge in [-0.3, -0.25) is 9.59 Å². The van der Waals surface area contributed by atoms with Crippen LogP contribution in [0, 0.1) is 19.8 Å². The summed E-state index contributed by atoms with van der Waals surface area (Å²) in [5.74, 6) is 0.954. The molecule has 2 aromatic rings. The minimum absolute atomic E-state index is 0.0794. The van der Waals surface area contributed by atoms with E-state index in [9.17, 15) is 9.59 Å². The topological polar surface area (TPSA) is 79.6 Å². The van der Waals surface area contributed by atoms with Gasteiger partial charge in [0.05, 0.1) is 5.69 Å². The molecule has 1 N–H and O–H groups in total. The summed E-state index contributed by atoms with van der Waals surface area (Å²) >= 11 is 0. The molecular weight excluding hydrogens is 378 g/mol. The van der Waals surface area contributed by atoms with E-state index >= 15 is 0 Å². The normalized spacial score (nSPS) is 20.0. The van der Waals surface area contributed by atoms with Crippen molar-refractivity contribution in [2.45, 2.75) is 78.2 Å². The minimum Gasteiger partial charge on any atom is -0.354 e. The van der Waals surface area contributed by atoms with Gasteiger partial charge < -0.3 is 10.2 Å². The summed E-state index contributed by atoms with van der Waals surface area (Å²) in [5, 5.41) is 7.88. The first-order chi connectivity index (χ1) is 14.4. The predicted molar refractivity (Wildman–Crippen MR) is 115 cm³/mol. The van der Waals surface area contributed by atoms with E-state index in [0.717, 1.165) is 67.1 Å². The van der Waals surface area contributed by atoms with Crippen LogP contribution in [-0.4, -0.2) is 50.4 Å². The number of amides is 2. The van der Waals surface area contributed by atoms with E-state index in [1.54, 1.807) is 0 Å². The van der Waals surface area contributed by atoms with Crippen LogP contribution in [-0.2, 0) is 16.0 Å². The van der Waals surface area contributed by atoms with E-state index in [2.05, 4.69) is 25.2 Å². The van der Waals surface area contributed by atoms with Crippen LogP contribution in [0.5, 0.6) is 0 Å². The summed E-state index contributed by atoms with van der Waals surface area (Å²) in [6.45, 7) is 9.74. The summed E-state index contributed by atoms with van der Waals surface area (Å²) in [5.41, 5.74) is 4.96. The maximum absolute atomic E-state index is 12.4. The first kappa shape index (κ1) is 20.8. The van der Waals surface area contributed by atoms with Crippen molar-refractivity contribution in [1.82, 2.24) is 24.8 Å². The Hall–Kier alpha value is -2.44. The van der Waals surface area contributed by atoms with Gasteiger partial charge in [-0.1, -0.05) is 6.92 Å². The number of hydrogen-bond acceptors (Lipinski definition) is 4. The molecule has 4 rings (SSSR count). The van der Waals surface area contributed by atoms with Crippen LogP contribution < -0.4 is 5.32 Å². The third-order valence-electron chi connectivity index (χ3n) is 6.65. The average Bonchev–Trinajstić information content (AvgIpc) is 3.29. The minimum atomic E-state index is 0.0794. The average molecular weight is 412 g/mol. The van der Waals surface area contributed by atoms with Crippen molar-refractivity contribution in [2.75, 3.05) is 13.1 Å². The molecular formula is C23H33N5O2. The molecule has 0 unspecified atom stereocenters. The molecule has 2 amide bonds. The fourth-order valence-corrected chi connectivity index (χ4v) is 4.38. The van der Waals surface area contributed by atoms with E-state index in [1.165, 1.54) is 0 Å². The Balaban J connectivity index is 1.48. The fourth-order valence-electron chi connectivity index (χ4n) is 4.38. The van der Waals surface area contributed by atoms with Crippen LogP contribution in [0.1, 0.15) is 74.5 Å². The molecule has 7 heteroatoms. The maximum Gasteiger partial charge on any atom is 0.225 e. The molecule has 2 aromatic heterocycles. The number of nitrogens with one attached hydrogen (secondary N) is 1. The Morgan fingerprint density at radius 3 is 2.73 bits per heavy atom.